The van der Waals surface area contributed by atoms with Crippen LogP contribution in [0.25, 0.3) is 0 Å². The summed E-state index contributed by atoms with van der Waals surface area (Å²) < 4.78 is 17.6. The molecule has 0 aromatic carbocycles. The maximum Gasteiger partial charge on any atom is 0.333 e. The largest absolute Gasteiger partial charge is 0.494 e. The van der Waals surface area contributed by atoms with Gasteiger partial charge in [-0.3, -0.25) is 13.9 Å². The number of aromatic nitrogens is 2. The topological polar surface area (TPSA) is 234 Å². The second kappa shape index (κ2) is 9.75. The fourth-order valence-electron chi connectivity index (χ4n) is 3.94. The fourth-order valence-corrected chi connectivity index (χ4v) is 3.94. The van der Waals surface area contributed by atoms with Gasteiger partial charge < -0.3 is 55.1 Å². The molecule has 2 fully saturated rings. The van der Waals surface area contributed by atoms with Gasteiger partial charge in [-0.25, -0.2) is 4.79 Å². The maximum atomic E-state index is 12.6. The summed E-state index contributed by atoms with van der Waals surface area (Å²) in [6.07, 6.45) is -16.8. The summed E-state index contributed by atoms with van der Waals surface area (Å²) in [6.45, 7) is -1.56. The molecule has 0 amide bonds. The van der Waals surface area contributed by atoms with E-state index in [0.29, 0.717) is 4.57 Å². The zero-order chi connectivity index (χ0) is 24.8. The molecule has 0 bridgehead atoms. The fraction of sp³-hybridized carbons (Fsp3) is 0.778. The third-order valence-corrected chi connectivity index (χ3v) is 5.96. The lowest BCUT2D eigenvalue weighted by molar-refractivity contribution is -0.342. The number of aliphatic hydroxyl groups is 7. The summed E-state index contributed by atoms with van der Waals surface area (Å²) in [7, 11) is 2.30. The molecule has 33 heavy (non-hydrogen) atoms. The molecule has 3 rings (SSSR count). The van der Waals surface area contributed by atoms with E-state index in [2.05, 4.69) is 0 Å². The van der Waals surface area contributed by atoms with Gasteiger partial charge in [-0.05, 0) is 0 Å². The van der Waals surface area contributed by atoms with Gasteiger partial charge >= 0.3 is 5.69 Å². The molecule has 0 spiro atoms. The quantitative estimate of drug-likeness (QED) is 0.196. The molecule has 2 aliphatic rings. The first-order chi connectivity index (χ1) is 15.5. The van der Waals surface area contributed by atoms with Crippen LogP contribution in [0.4, 0.5) is 0 Å². The Bertz CT molecular complexity index is 960. The summed E-state index contributed by atoms with van der Waals surface area (Å²) in [5.74, 6) is -0.815. The van der Waals surface area contributed by atoms with Crippen LogP contribution in [0.15, 0.2) is 9.59 Å². The summed E-state index contributed by atoms with van der Waals surface area (Å²) in [5.41, 5.74) is -2.40. The van der Waals surface area contributed by atoms with E-state index in [-0.39, 0.29) is 0 Å². The number of nitrogens with zero attached hydrogens (tertiary/aromatic N) is 2. The van der Waals surface area contributed by atoms with Gasteiger partial charge in [0.25, 0.3) is 5.56 Å². The van der Waals surface area contributed by atoms with E-state index in [1.807, 2.05) is 0 Å². The molecule has 10 atom stereocenters. The van der Waals surface area contributed by atoms with Gasteiger partial charge in [-0.15, -0.1) is 0 Å². The smallest absolute Gasteiger partial charge is 0.333 e. The average Bonchev–Trinajstić information content (AvgIpc) is 2.80. The van der Waals surface area contributed by atoms with Crippen molar-refractivity contribution in [1.29, 1.82) is 0 Å². The first kappa shape index (κ1) is 25.7. The summed E-state index contributed by atoms with van der Waals surface area (Å²) in [5, 5.41) is 80.7. The maximum absolute atomic E-state index is 12.6. The number of ether oxygens (including phenoxy) is 3. The van der Waals surface area contributed by atoms with Crippen LogP contribution in [-0.2, 0) is 28.3 Å². The number of aromatic hydroxyl groups is 1. The average molecular weight is 480 g/mol. The van der Waals surface area contributed by atoms with Crippen molar-refractivity contribution in [2.75, 3.05) is 13.2 Å². The lowest BCUT2D eigenvalue weighted by atomic mass is 9.91. The monoisotopic (exact) mass is 480 g/mol. The van der Waals surface area contributed by atoms with Crippen molar-refractivity contribution in [2.45, 2.75) is 61.2 Å². The Hall–Kier alpha value is -1.92. The summed E-state index contributed by atoms with van der Waals surface area (Å²) in [6, 6.07) is 0. The van der Waals surface area contributed by atoms with Crippen LogP contribution in [0.2, 0.25) is 0 Å². The van der Waals surface area contributed by atoms with E-state index in [0.717, 1.165) is 11.6 Å². The molecule has 0 unspecified atom stereocenters. The lowest BCUT2D eigenvalue weighted by Crippen LogP contribution is -2.63. The number of hydrogen-bond donors (Lipinski definition) is 8. The van der Waals surface area contributed by atoms with E-state index in [1.54, 1.807) is 0 Å². The van der Waals surface area contributed by atoms with E-state index in [9.17, 15) is 50.4 Å². The van der Waals surface area contributed by atoms with Crippen molar-refractivity contribution in [3.8, 4) is 5.88 Å². The van der Waals surface area contributed by atoms with Crippen molar-refractivity contribution >= 4 is 0 Å². The van der Waals surface area contributed by atoms with Crippen molar-refractivity contribution < 1.29 is 55.1 Å². The predicted octanol–water partition coefficient (Wildman–Crippen LogP) is -5.87. The summed E-state index contributed by atoms with van der Waals surface area (Å²) >= 11 is 0. The second-order valence-corrected chi connectivity index (χ2v) is 8.00. The Kier molecular flexibility index (Phi) is 7.59. The van der Waals surface area contributed by atoms with E-state index < -0.39 is 97.1 Å². The molecule has 8 N–H and O–H groups in total. The van der Waals surface area contributed by atoms with Crippen LogP contribution in [0.3, 0.4) is 0 Å². The highest BCUT2D eigenvalue weighted by atomic mass is 16.7. The van der Waals surface area contributed by atoms with Crippen molar-refractivity contribution in [1.82, 2.24) is 9.13 Å². The molecule has 1 aromatic rings. The van der Waals surface area contributed by atoms with Crippen LogP contribution in [0.1, 0.15) is 11.7 Å². The minimum absolute atomic E-state index is 0.545. The first-order valence-electron chi connectivity index (χ1n) is 10.0. The van der Waals surface area contributed by atoms with Gasteiger partial charge in [-0.2, -0.15) is 0 Å². The number of rotatable bonds is 5. The normalized spacial score (nSPS) is 39.5. The predicted molar refractivity (Wildman–Crippen MR) is 104 cm³/mol. The zero-order valence-corrected chi connectivity index (χ0v) is 17.7. The Morgan fingerprint density at radius 3 is 2.00 bits per heavy atom. The molecule has 2 aliphatic heterocycles. The van der Waals surface area contributed by atoms with Gasteiger partial charge in [0.2, 0.25) is 5.88 Å². The zero-order valence-electron chi connectivity index (χ0n) is 17.7. The van der Waals surface area contributed by atoms with Gasteiger partial charge in [0, 0.05) is 14.1 Å². The molecule has 2 saturated heterocycles. The molecular weight excluding hydrogens is 452 g/mol. The van der Waals surface area contributed by atoms with Crippen LogP contribution in [0.5, 0.6) is 5.88 Å². The van der Waals surface area contributed by atoms with E-state index in [4.69, 9.17) is 14.2 Å². The minimum atomic E-state index is -1.92. The highest BCUT2D eigenvalue weighted by molar-refractivity contribution is 5.28. The van der Waals surface area contributed by atoms with Gasteiger partial charge in [0.15, 0.2) is 6.29 Å². The SMILES string of the molecule is Cn1c(O)c([C@@H]2O[C@H](CO)[C@@H](O[C@@H]3O[C@H](CO)[C@@H](O)[C@H](O)[C@H]3O)[C@H](O)[C@H]2O)c(=O)n(C)c1=O. The molecule has 3 heterocycles. The van der Waals surface area contributed by atoms with Crippen LogP contribution in [-0.4, -0.2) is 118 Å². The molecule has 15 heteroatoms. The Morgan fingerprint density at radius 1 is 0.818 bits per heavy atom. The Balaban J connectivity index is 1.91. The summed E-state index contributed by atoms with van der Waals surface area (Å²) in [4.78, 5) is 24.6. The molecule has 0 radical (unpaired) electrons. The van der Waals surface area contributed by atoms with Crippen LogP contribution in [0, 0.1) is 0 Å². The van der Waals surface area contributed by atoms with Gasteiger partial charge in [-0.1, -0.05) is 0 Å². The standard InChI is InChI=1S/C18H28N2O13/c1-19-15(28)7(16(29)20(2)18(19)30)14-11(26)10(25)13(6(4-22)31-14)33-17-12(27)9(24)8(23)5(3-21)32-17/h5-6,8-14,17,21-28H,3-4H2,1-2H3/t5-,6-,8-,9+,10-,11-,12-,13-,14+,17+/m1/s1. The van der Waals surface area contributed by atoms with Crippen molar-refractivity contribution in [2.24, 2.45) is 14.1 Å². The highest BCUT2D eigenvalue weighted by Crippen LogP contribution is 2.36. The molecule has 15 nitrogen and oxygen atoms in total. The molecular formula is C18H28N2O13. The minimum Gasteiger partial charge on any atom is -0.494 e. The van der Waals surface area contributed by atoms with Crippen molar-refractivity contribution in [3.63, 3.8) is 0 Å². The number of hydrogen-bond acceptors (Lipinski definition) is 13. The Labute approximate surface area is 185 Å². The molecule has 188 valence electrons. The van der Waals surface area contributed by atoms with E-state index in [1.165, 1.54) is 7.05 Å². The Morgan fingerprint density at radius 2 is 1.42 bits per heavy atom. The highest BCUT2D eigenvalue weighted by Gasteiger charge is 2.51. The van der Waals surface area contributed by atoms with Gasteiger partial charge in [0.05, 0.1) is 13.2 Å². The van der Waals surface area contributed by atoms with Crippen LogP contribution >= 0.6 is 0 Å². The first-order valence-corrected chi connectivity index (χ1v) is 10.0. The number of aliphatic hydroxyl groups excluding tert-OH is 7. The third-order valence-electron chi connectivity index (χ3n) is 5.96. The van der Waals surface area contributed by atoms with Crippen LogP contribution < -0.4 is 11.2 Å². The molecule has 1 aromatic heterocycles. The molecule has 0 aliphatic carbocycles. The van der Waals surface area contributed by atoms with Gasteiger partial charge in [0.1, 0.15) is 60.5 Å². The van der Waals surface area contributed by atoms with E-state index >= 15 is 0 Å². The van der Waals surface area contributed by atoms with Crippen molar-refractivity contribution in [3.05, 3.63) is 26.4 Å². The second-order valence-electron chi connectivity index (χ2n) is 8.00. The third kappa shape index (κ3) is 4.32. The lowest BCUT2D eigenvalue weighted by Gasteiger charge is -2.46. The molecule has 0 saturated carbocycles.